The number of hydrogen-bond acceptors (Lipinski definition) is 6. The molecule has 0 saturated carbocycles. The van der Waals surface area contributed by atoms with Crippen LogP contribution in [0, 0.1) is 0 Å². The molecule has 0 aromatic heterocycles. The topological polar surface area (TPSA) is 55.4 Å². The lowest BCUT2D eigenvalue weighted by Gasteiger charge is -2.08. The highest BCUT2D eigenvalue weighted by Crippen LogP contribution is 2.11. The maximum atomic E-state index is 5.64. The first-order chi connectivity index (χ1) is 17.9. The minimum Gasteiger partial charge on any atom is -0.379 e. The number of ether oxygens (including phenoxy) is 6. The molecular formula is C30H54O6. The molecule has 0 N–H and O–H groups in total. The van der Waals surface area contributed by atoms with Crippen molar-refractivity contribution in [2.75, 3.05) is 72.7 Å². The van der Waals surface area contributed by atoms with Crippen molar-refractivity contribution in [3.8, 4) is 0 Å². The highest BCUT2D eigenvalue weighted by atomic mass is 16.6. The zero-order valence-electron chi connectivity index (χ0n) is 23.1. The molecule has 0 aliphatic heterocycles. The van der Waals surface area contributed by atoms with Gasteiger partial charge in [0, 0.05) is 6.61 Å². The molecule has 0 unspecified atom stereocenters. The summed E-state index contributed by atoms with van der Waals surface area (Å²) in [5.41, 5.74) is 1.18. The van der Waals surface area contributed by atoms with E-state index in [2.05, 4.69) is 19.1 Å². The normalized spacial score (nSPS) is 11.4. The molecular weight excluding hydrogens is 456 g/mol. The van der Waals surface area contributed by atoms with Crippen molar-refractivity contribution in [2.45, 2.75) is 84.2 Å². The number of hydrogen-bond donors (Lipinski definition) is 0. The monoisotopic (exact) mass is 510 g/mol. The van der Waals surface area contributed by atoms with Gasteiger partial charge in [-0.15, -0.1) is 0 Å². The second kappa shape index (κ2) is 28.5. The minimum atomic E-state index is 0.564. The Kier molecular flexibility index (Phi) is 26.2. The van der Waals surface area contributed by atoms with Gasteiger partial charge < -0.3 is 28.4 Å². The van der Waals surface area contributed by atoms with E-state index in [-0.39, 0.29) is 0 Å². The summed E-state index contributed by atoms with van der Waals surface area (Å²) in [5.74, 6) is 0. The van der Waals surface area contributed by atoms with Crippen LogP contribution >= 0.6 is 0 Å². The molecule has 1 aromatic carbocycles. The Morgan fingerprint density at radius 3 is 1.19 bits per heavy atom. The third kappa shape index (κ3) is 24.7. The maximum Gasteiger partial charge on any atom is 0.0718 e. The Balaban J connectivity index is 1.63. The van der Waals surface area contributed by atoms with Gasteiger partial charge in [0.2, 0.25) is 0 Å². The molecule has 6 heteroatoms. The second-order valence-electron chi connectivity index (χ2n) is 9.14. The van der Waals surface area contributed by atoms with Crippen LogP contribution < -0.4 is 0 Å². The van der Waals surface area contributed by atoms with Crippen LogP contribution in [0.5, 0.6) is 0 Å². The quantitative estimate of drug-likeness (QED) is 0.113. The summed E-state index contributed by atoms with van der Waals surface area (Å²) in [6.07, 6.45) is 15.0. The lowest BCUT2D eigenvalue weighted by molar-refractivity contribution is -0.0178. The molecule has 0 spiro atoms. The SMILES string of the molecule is CCCCCCCCCCCCCOCCOCCOCCOCCOCCOCc1ccccc1. The molecule has 0 aliphatic rings. The fourth-order valence-electron chi connectivity index (χ4n) is 3.73. The zero-order valence-corrected chi connectivity index (χ0v) is 23.1. The summed E-state index contributed by atoms with van der Waals surface area (Å²) < 4.78 is 33.3. The van der Waals surface area contributed by atoms with Crippen LogP contribution in [0.3, 0.4) is 0 Å². The number of benzene rings is 1. The van der Waals surface area contributed by atoms with Crippen LogP contribution in [0.4, 0.5) is 0 Å². The molecule has 0 saturated heterocycles. The fraction of sp³-hybridized carbons (Fsp3) is 0.800. The largest absolute Gasteiger partial charge is 0.379 e. The molecule has 0 aliphatic carbocycles. The van der Waals surface area contributed by atoms with Gasteiger partial charge >= 0.3 is 0 Å². The first kappa shape index (κ1) is 33.0. The van der Waals surface area contributed by atoms with E-state index in [1.165, 1.54) is 69.8 Å². The van der Waals surface area contributed by atoms with E-state index in [4.69, 9.17) is 28.4 Å². The highest BCUT2D eigenvalue weighted by Gasteiger charge is 1.96. The van der Waals surface area contributed by atoms with E-state index in [0.29, 0.717) is 72.7 Å². The third-order valence-corrected chi connectivity index (χ3v) is 5.86. The predicted octanol–water partition coefficient (Wildman–Crippen LogP) is 6.60. The van der Waals surface area contributed by atoms with Crippen molar-refractivity contribution in [3.63, 3.8) is 0 Å². The molecule has 0 fully saturated rings. The van der Waals surface area contributed by atoms with Crippen molar-refractivity contribution in [3.05, 3.63) is 35.9 Å². The van der Waals surface area contributed by atoms with Gasteiger partial charge in [0.1, 0.15) is 0 Å². The van der Waals surface area contributed by atoms with E-state index in [1.807, 2.05) is 18.2 Å². The Morgan fingerprint density at radius 2 is 0.750 bits per heavy atom. The molecule has 0 amide bonds. The molecule has 0 bridgehead atoms. The molecule has 1 aromatic rings. The van der Waals surface area contributed by atoms with Crippen molar-refractivity contribution in [2.24, 2.45) is 0 Å². The van der Waals surface area contributed by atoms with E-state index in [1.54, 1.807) is 0 Å². The molecule has 0 atom stereocenters. The van der Waals surface area contributed by atoms with Crippen LogP contribution in [0.15, 0.2) is 30.3 Å². The van der Waals surface area contributed by atoms with Gasteiger partial charge in [0.25, 0.3) is 0 Å². The fourth-order valence-corrected chi connectivity index (χ4v) is 3.73. The molecule has 36 heavy (non-hydrogen) atoms. The second-order valence-corrected chi connectivity index (χ2v) is 9.14. The number of unbranched alkanes of at least 4 members (excludes halogenated alkanes) is 10. The molecule has 210 valence electrons. The summed E-state index contributed by atoms with van der Waals surface area (Å²) in [4.78, 5) is 0. The van der Waals surface area contributed by atoms with Crippen molar-refractivity contribution < 1.29 is 28.4 Å². The maximum absolute atomic E-state index is 5.64. The van der Waals surface area contributed by atoms with Gasteiger partial charge in [0.05, 0.1) is 72.7 Å². The number of rotatable bonds is 29. The van der Waals surface area contributed by atoms with Crippen LogP contribution in [-0.2, 0) is 35.0 Å². The lowest BCUT2D eigenvalue weighted by atomic mass is 10.1. The van der Waals surface area contributed by atoms with E-state index >= 15 is 0 Å². The Morgan fingerprint density at radius 1 is 0.389 bits per heavy atom. The van der Waals surface area contributed by atoms with E-state index in [0.717, 1.165) is 13.0 Å². The Hall–Kier alpha value is -1.02. The van der Waals surface area contributed by atoms with Gasteiger partial charge in [-0.3, -0.25) is 0 Å². The summed E-state index contributed by atoms with van der Waals surface area (Å²) in [7, 11) is 0. The first-order valence-electron chi connectivity index (χ1n) is 14.4. The lowest BCUT2D eigenvalue weighted by Crippen LogP contribution is -2.14. The van der Waals surface area contributed by atoms with Gasteiger partial charge in [-0.1, -0.05) is 101 Å². The predicted molar refractivity (Wildman–Crippen MR) is 147 cm³/mol. The Labute approximate surface area is 221 Å². The average Bonchev–Trinajstić information content (AvgIpc) is 2.91. The van der Waals surface area contributed by atoms with Crippen molar-refractivity contribution >= 4 is 0 Å². The summed E-state index contributed by atoms with van der Waals surface area (Å²) in [6, 6.07) is 10.1. The zero-order chi connectivity index (χ0) is 25.6. The standard InChI is InChI=1S/C30H54O6/c1-2-3-4-5-6-7-8-9-10-11-15-18-31-19-20-32-21-22-33-23-24-34-25-26-35-27-28-36-29-30-16-13-12-14-17-30/h12-14,16-17H,2-11,15,18-29H2,1H3. The van der Waals surface area contributed by atoms with Crippen LogP contribution in [-0.4, -0.2) is 72.7 Å². The van der Waals surface area contributed by atoms with E-state index < -0.39 is 0 Å². The Bertz CT molecular complexity index is 527. The van der Waals surface area contributed by atoms with Crippen LogP contribution in [0.1, 0.15) is 83.1 Å². The highest BCUT2D eigenvalue weighted by molar-refractivity contribution is 5.13. The summed E-state index contributed by atoms with van der Waals surface area (Å²) in [5, 5.41) is 0. The van der Waals surface area contributed by atoms with Gasteiger partial charge in [-0.2, -0.15) is 0 Å². The smallest absolute Gasteiger partial charge is 0.0718 e. The minimum absolute atomic E-state index is 0.564. The van der Waals surface area contributed by atoms with E-state index in [9.17, 15) is 0 Å². The molecule has 1 rings (SSSR count). The average molecular weight is 511 g/mol. The van der Waals surface area contributed by atoms with Crippen molar-refractivity contribution in [1.29, 1.82) is 0 Å². The van der Waals surface area contributed by atoms with Gasteiger partial charge in [0.15, 0.2) is 0 Å². The van der Waals surface area contributed by atoms with Crippen LogP contribution in [0.2, 0.25) is 0 Å². The van der Waals surface area contributed by atoms with Gasteiger partial charge in [-0.05, 0) is 12.0 Å². The molecule has 0 heterocycles. The summed E-state index contributed by atoms with van der Waals surface area (Å²) >= 11 is 0. The molecule has 0 radical (unpaired) electrons. The van der Waals surface area contributed by atoms with Crippen molar-refractivity contribution in [1.82, 2.24) is 0 Å². The van der Waals surface area contributed by atoms with Crippen LogP contribution in [0.25, 0.3) is 0 Å². The van der Waals surface area contributed by atoms with Gasteiger partial charge in [-0.25, -0.2) is 0 Å². The molecule has 6 nitrogen and oxygen atoms in total. The third-order valence-electron chi connectivity index (χ3n) is 5.86. The summed E-state index contributed by atoms with van der Waals surface area (Å²) in [6.45, 7) is 9.63. The first-order valence-corrected chi connectivity index (χ1v) is 14.4.